The molecule has 100 valence electrons. The van der Waals surface area contributed by atoms with Crippen molar-refractivity contribution in [3.05, 3.63) is 35.4 Å². The molecule has 0 saturated heterocycles. The third-order valence-electron chi connectivity index (χ3n) is 3.76. The Kier molecular flexibility index (Phi) is 3.63. The molecule has 1 saturated carbocycles. The van der Waals surface area contributed by atoms with Crippen LogP contribution in [-0.2, 0) is 12.6 Å². The van der Waals surface area contributed by atoms with Crippen molar-refractivity contribution in [2.45, 2.75) is 32.4 Å². The maximum absolute atomic E-state index is 12.4. The van der Waals surface area contributed by atoms with E-state index in [9.17, 15) is 13.2 Å². The summed E-state index contributed by atoms with van der Waals surface area (Å²) in [5, 5.41) is 0. The smallest absolute Gasteiger partial charge is 0.166 e. The first-order valence-electron chi connectivity index (χ1n) is 6.07. The number of benzene rings is 1. The molecule has 1 atom stereocenters. The minimum Gasteiger partial charge on any atom is -0.166 e. The van der Waals surface area contributed by atoms with E-state index in [1.54, 1.807) is 12.1 Å². The average Bonchev–Trinajstić information content (AvgIpc) is 3.12. The molecule has 0 nitrogen and oxygen atoms in total. The van der Waals surface area contributed by atoms with Crippen molar-refractivity contribution in [3.63, 3.8) is 0 Å². The van der Waals surface area contributed by atoms with Gasteiger partial charge in [-0.25, -0.2) is 0 Å². The highest BCUT2D eigenvalue weighted by molar-refractivity contribution is 6.18. The van der Waals surface area contributed by atoms with Crippen LogP contribution >= 0.6 is 11.6 Å². The molecule has 1 fully saturated rings. The Morgan fingerprint density at radius 3 is 2.11 bits per heavy atom. The summed E-state index contributed by atoms with van der Waals surface area (Å²) in [6.45, 7) is 2.12. The van der Waals surface area contributed by atoms with Crippen molar-refractivity contribution in [1.82, 2.24) is 0 Å². The van der Waals surface area contributed by atoms with Gasteiger partial charge in [0.2, 0.25) is 0 Å². The maximum Gasteiger partial charge on any atom is 0.416 e. The van der Waals surface area contributed by atoms with E-state index in [1.807, 2.05) is 0 Å². The maximum atomic E-state index is 12.4. The molecule has 0 N–H and O–H groups in total. The summed E-state index contributed by atoms with van der Waals surface area (Å²) in [4.78, 5) is 0. The van der Waals surface area contributed by atoms with Gasteiger partial charge in [0.15, 0.2) is 0 Å². The molecule has 1 aliphatic carbocycles. The first-order valence-corrected chi connectivity index (χ1v) is 6.61. The summed E-state index contributed by atoms with van der Waals surface area (Å²) < 4.78 is 37.3. The lowest BCUT2D eigenvalue weighted by Crippen LogP contribution is -2.24. The Balaban J connectivity index is 2.10. The Labute approximate surface area is 110 Å². The van der Waals surface area contributed by atoms with E-state index in [2.05, 4.69) is 6.92 Å². The fraction of sp³-hybridized carbons (Fsp3) is 0.571. The van der Waals surface area contributed by atoms with Gasteiger partial charge in [0, 0.05) is 5.88 Å². The van der Waals surface area contributed by atoms with Gasteiger partial charge in [-0.1, -0.05) is 19.1 Å². The molecule has 0 amide bonds. The minimum atomic E-state index is -4.26. The van der Waals surface area contributed by atoms with Gasteiger partial charge in [0.05, 0.1) is 5.56 Å². The molecule has 1 aromatic carbocycles. The van der Waals surface area contributed by atoms with Gasteiger partial charge in [-0.15, -0.1) is 11.6 Å². The van der Waals surface area contributed by atoms with Crippen LogP contribution in [0.3, 0.4) is 0 Å². The van der Waals surface area contributed by atoms with E-state index in [0.717, 1.165) is 24.1 Å². The predicted molar refractivity (Wildman–Crippen MR) is 66.7 cm³/mol. The molecule has 1 aliphatic rings. The van der Waals surface area contributed by atoms with Crippen molar-refractivity contribution in [2.24, 2.45) is 11.3 Å². The second kappa shape index (κ2) is 4.76. The first kappa shape index (κ1) is 13.7. The lowest BCUT2D eigenvalue weighted by Gasteiger charge is -2.27. The average molecular weight is 277 g/mol. The first-order chi connectivity index (χ1) is 8.35. The lowest BCUT2D eigenvalue weighted by atomic mass is 9.81. The molecule has 4 heteroatoms. The third kappa shape index (κ3) is 3.00. The van der Waals surface area contributed by atoms with Crippen LogP contribution in [0.25, 0.3) is 0 Å². The van der Waals surface area contributed by atoms with Gasteiger partial charge < -0.3 is 0 Å². The van der Waals surface area contributed by atoms with Crippen LogP contribution in [0.1, 0.15) is 30.9 Å². The number of hydrogen-bond acceptors (Lipinski definition) is 0. The van der Waals surface area contributed by atoms with Gasteiger partial charge in [-0.05, 0) is 48.3 Å². The van der Waals surface area contributed by atoms with Crippen molar-refractivity contribution < 1.29 is 13.2 Å². The second-order valence-corrected chi connectivity index (χ2v) is 5.70. The summed E-state index contributed by atoms with van der Waals surface area (Å²) in [7, 11) is 0. The Bertz CT molecular complexity index is 406. The molecule has 0 aromatic heterocycles. The summed E-state index contributed by atoms with van der Waals surface area (Å²) >= 11 is 6.02. The van der Waals surface area contributed by atoms with Crippen LogP contribution < -0.4 is 0 Å². The molecule has 0 spiro atoms. The molecular formula is C14H16ClF3. The Hall–Kier alpha value is -0.700. The van der Waals surface area contributed by atoms with Gasteiger partial charge in [-0.2, -0.15) is 13.2 Å². The van der Waals surface area contributed by atoms with E-state index in [1.165, 1.54) is 12.8 Å². The number of hydrogen-bond donors (Lipinski definition) is 0. The molecule has 18 heavy (non-hydrogen) atoms. The molecule has 0 radical (unpaired) electrons. The van der Waals surface area contributed by atoms with Crippen molar-refractivity contribution in [2.75, 3.05) is 5.88 Å². The SMILES string of the molecule is CC(CCl)(Cc1ccc(C(F)(F)F)cc1)C1CC1. The monoisotopic (exact) mass is 276 g/mol. The second-order valence-electron chi connectivity index (χ2n) is 5.43. The van der Waals surface area contributed by atoms with E-state index in [4.69, 9.17) is 11.6 Å². The fourth-order valence-corrected chi connectivity index (χ4v) is 2.67. The van der Waals surface area contributed by atoms with Crippen LogP contribution in [0.4, 0.5) is 13.2 Å². The van der Waals surface area contributed by atoms with E-state index in [0.29, 0.717) is 11.8 Å². The van der Waals surface area contributed by atoms with Crippen molar-refractivity contribution >= 4 is 11.6 Å². The third-order valence-corrected chi connectivity index (χ3v) is 4.37. The molecule has 0 bridgehead atoms. The number of alkyl halides is 4. The van der Waals surface area contributed by atoms with Crippen LogP contribution in [0.15, 0.2) is 24.3 Å². The van der Waals surface area contributed by atoms with E-state index in [-0.39, 0.29) is 5.41 Å². The quantitative estimate of drug-likeness (QED) is 0.686. The molecular weight excluding hydrogens is 261 g/mol. The van der Waals surface area contributed by atoms with E-state index >= 15 is 0 Å². The zero-order valence-corrected chi connectivity index (χ0v) is 11.0. The van der Waals surface area contributed by atoms with Crippen molar-refractivity contribution in [3.8, 4) is 0 Å². The molecule has 1 unspecified atom stereocenters. The minimum absolute atomic E-state index is 0.0152. The normalized spacial score (nSPS) is 19.6. The van der Waals surface area contributed by atoms with Crippen molar-refractivity contribution in [1.29, 1.82) is 0 Å². The summed E-state index contributed by atoms with van der Waals surface area (Å²) in [6, 6.07) is 5.43. The number of halogens is 4. The van der Waals surface area contributed by atoms with Crippen LogP contribution in [0.5, 0.6) is 0 Å². The topological polar surface area (TPSA) is 0 Å². The highest BCUT2D eigenvalue weighted by Crippen LogP contribution is 2.48. The summed E-state index contributed by atoms with van der Waals surface area (Å²) in [5.41, 5.74) is 0.352. The zero-order valence-electron chi connectivity index (χ0n) is 10.2. The van der Waals surface area contributed by atoms with Crippen LogP contribution in [0, 0.1) is 11.3 Å². The van der Waals surface area contributed by atoms with Crippen LogP contribution in [-0.4, -0.2) is 5.88 Å². The Morgan fingerprint density at radius 2 is 1.72 bits per heavy atom. The molecule has 1 aromatic rings. The van der Waals surface area contributed by atoms with E-state index < -0.39 is 11.7 Å². The van der Waals surface area contributed by atoms with Crippen LogP contribution in [0.2, 0.25) is 0 Å². The molecule has 0 heterocycles. The fourth-order valence-electron chi connectivity index (χ4n) is 2.36. The molecule has 2 rings (SSSR count). The number of rotatable bonds is 4. The molecule has 0 aliphatic heterocycles. The van der Waals surface area contributed by atoms with Gasteiger partial charge in [-0.3, -0.25) is 0 Å². The van der Waals surface area contributed by atoms with Gasteiger partial charge in [0.25, 0.3) is 0 Å². The van der Waals surface area contributed by atoms with Gasteiger partial charge >= 0.3 is 6.18 Å². The lowest BCUT2D eigenvalue weighted by molar-refractivity contribution is -0.137. The largest absolute Gasteiger partial charge is 0.416 e. The predicted octanol–water partition coefficient (Wildman–Crippen LogP) is 4.90. The van der Waals surface area contributed by atoms with Gasteiger partial charge in [0.1, 0.15) is 0 Å². The highest BCUT2D eigenvalue weighted by Gasteiger charge is 2.40. The summed E-state index contributed by atoms with van der Waals surface area (Å²) in [6.07, 6.45) is -1.14. The standard InChI is InChI=1S/C14H16ClF3/c1-13(9-15,11-6-7-11)8-10-2-4-12(5-3-10)14(16,17)18/h2-5,11H,6-9H2,1H3. The Morgan fingerprint density at radius 1 is 1.17 bits per heavy atom. The summed E-state index contributed by atoms with van der Waals surface area (Å²) in [5.74, 6) is 1.18. The zero-order chi connectivity index (χ0) is 13.4. The highest BCUT2D eigenvalue weighted by atomic mass is 35.5.